The Morgan fingerprint density at radius 3 is 2.50 bits per heavy atom. The molecule has 1 aliphatic heterocycles. The average Bonchev–Trinajstić information content (AvgIpc) is 3.42. The highest BCUT2D eigenvalue weighted by molar-refractivity contribution is 6.04. The maximum Gasteiger partial charge on any atom is 0.337 e. The summed E-state index contributed by atoms with van der Waals surface area (Å²) in [6, 6.07) is 17.0. The van der Waals surface area contributed by atoms with Crippen LogP contribution in [0.4, 0.5) is 4.39 Å². The molecule has 1 aromatic heterocycles. The number of benzene rings is 2. The van der Waals surface area contributed by atoms with Gasteiger partial charge < -0.3 is 19.2 Å². The monoisotopic (exact) mass is 487 g/mol. The van der Waals surface area contributed by atoms with Gasteiger partial charge in [0.15, 0.2) is 5.78 Å². The third kappa shape index (κ3) is 4.56. The summed E-state index contributed by atoms with van der Waals surface area (Å²) in [4.78, 5) is 26.9. The van der Waals surface area contributed by atoms with Gasteiger partial charge in [-0.1, -0.05) is 24.3 Å². The largest absolute Gasteiger partial charge is 0.497 e. The predicted molar refractivity (Wildman–Crippen MR) is 130 cm³/mol. The first-order valence-electron chi connectivity index (χ1n) is 11.8. The van der Waals surface area contributed by atoms with E-state index >= 15 is 0 Å². The number of carbonyl (C=O) groups is 2. The molecule has 36 heavy (non-hydrogen) atoms. The van der Waals surface area contributed by atoms with E-state index in [4.69, 9.17) is 13.9 Å². The summed E-state index contributed by atoms with van der Waals surface area (Å²) in [5, 5.41) is 3.30. The molecule has 2 heterocycles. The fraction of sp³-hybridized carbons (Fsp3) is 0.241. The van der Waals surface area contributed by atoms with E-state index in [2.05, 4.69) is 5.32 Å². The van der Waals surface area contributed by atoms with E-state index in [1.54, 1.807) is 50.4 Å². The molecule has 2 aliphatic rings. The van der Waals surface area contributed by atoms with E-state index in [0.29, 0.717) is 34.8 Å². The lowest BCUT2D eigenvalue weighted by atomic mass is 9.73. The molecule has 5 rings (SSSR count). The number of allylic oxidation sites excluding steroid dienone is 3. The van der Waals surface area contributed by atoms with E-state index in [9.17, 15) is 14.0 Å². The molecular weight excluding hydrogens is 461 g/mol. The highest BCUT2D eigenvalue weighted by Crippen LogP contribution is 2.45. The van der Waals surface area contributed by atoms with Gasteiger partial charge in [-0.25, -0.2) is 9.18 Å². The number of ether oxygens (including phenoxy) is 2. The van der Waals surface area contributed by atoms with Crippen molar-refractivity contribution in [1.82, 2.24) is 5.32 Å². The van der Waals surface area contributed by atoms with Crippen molar-refractivity contribution in [3.8, 4) is 5.75 Å². The lowest BCUT2D eigenvalue weighted by molar-refractivity contribution is -0.140. The average molecular weight is 488 g/mol. The van der Waals surface area contributed by atoms with Crippen LogP contribution in [0.2, 0.25) is 0 Å². The first-order valence-corrected chi connectivity index (χ1v) is 11.8. The van der Waals surface area contributed by atoms with E-state index in [0.717, 1.165) is 16.8 Å². The molecule has 1 N–H and O–H groups in total. The molecule has 0 saturated heterocycles. The Bertz CT molecular complexity index is 1340. The molecule has 3 aromatic rings. The summed E-state index contributed by atoms with van der Waals surface area (Å²) in [6.07, 6.45) is 2.36. The molecule has 1 aliphatic carbocycles. The minimum absolute atomic E-state index is 0.0765. The Balaban J connectivity index is 1.43. The first kappa shape index (κ1) is 23.6. The molecule has 2 aromatic carbocycles. The number of carbonyl (C=O) groups excluding carboxylic acids is 2. The van der Waals surface area contributed by atoms with Crippen LogP contribution < -0.4 is 10.1 Å². The molecule has 0 spiro atoms. The lowest BCUT2D eigenvalue weighted by Gasteiger charge is -2.35. The van der Waals surface area contributed by atoms with Gasteiger partial charge in [0.05, 0.1) is 24.9 Å². The van der Waals surface area contributed by atoms with Gasteiger partial charge in [0.25, 0.3) is 0 Å². The highest BCUT2D eigenvalue weighted by atomic mass is 19.1. The molecule has 0 unspecified atom stereocenters. The SMILES string of the molecule is COc1ccc(COC(=O)C2=C(C)NC3=C(C(=O)C[C@H](c4ccc(F)cc4)C3)[C@@H]2c2ccco2)cc1. The third-order valence-electron chi connectivity index (χ3n) is 6.75. The van der Waals surface area contributed by atoms with Crippen LogP contribution in [0.5, 0.6) is 5.75 Å². The van der Waals surface area contributed by atoms with E-state index in [1.807, 2.05) is 12.1 Å². The molecule has 0 saturated carbocycles. The quantitative estimate of drug-likeness (QED) is 0.461. The Labute approximate surface area is 208 Å². The Kier molecular flexibility index (Phi) is 6.46. The summed E-state index contributed by atoms with van der Waals surface area (Å²) >= 11 is 0. The second kappa shape index (κ2) is 9.85. The highest BCUT2D eigenvalue weighted by Gasteiger charge is 2.42. The number of methoxy groups -OCH3 is 1. The van der Waals surface area contributed by atoms with Crippen molar-refractivity contribution in [2.75, 3.05) is 7.11 Å². The number of hydrogen-bond acceptors (Lipinski definition) is 6. The number of ketones is 1. The minimum atomic E-state index is -0.665. The van der Waals surface area contributed by atoms with E-state index in [1.165, 1.54) is 18.4 Å². The number of hydrogen-bond donors (Lipinski definition) is 1. The molecule has 184 valence electrons. The van der Waals surface area contributed by atoms with Gasteiger partial charge in [-0.15, -0.1) is 0 Å². The second-order valence-electron chi connectivity index (χ2n) is 9.01. The second-order valence-corrected chi connectivity index (χ2v) is 9.01. The maximum absolute atomic E-state index is 13.5. The molecule has 0 radical (unpaired) electrons. The number of rotatable bonds is 6. The fourth-order valence-electron chi connectivity index (χ4n) is 4.97. The Morgan fingerprint density at radius 2 is 1.83 bits per heavy atom. The van der Waals surface area contributed by atoms with Crippen molar-refractivity contribution in [2.45, 2.75) is 38.2 Å². The van der Waals surface area contributed by atoms with Gasteiger partial charge in [0.1, 0.15) is 23.9 Å². The van der Waals surface area contributed by atoms with Crippen molar-refractivity contribution >= 4 is 11.8 Å². The minimum Gasteiger partial charge on any atom is -0.497 e. The molecule has 2 atom stereocenters. The van der Waals surface area contributed by atoms with Crippen LogP contribution in [0.25, 0.3) is 0 Å². The third-order valence-corrected chi connectivity index (χ3v) is 6.75. The number of esters is 1. The molecule has 6 nitrogen and oxygen atoms in total. The van der Waals surface area contributed by atoms with Gasteiger partial charge in [-0.3, -0.25) is 4.79 Å². The van der Waals surface area contributed by atoms with Crippen molar-refractivity contribution in [3.05, 3.63) is 112 Å². The van der Waals surface area contributed by atoms with E-state index < -0.39 is 11.9 Å². The number of halogens is 1. The number of furan rings is 1. The van der Waals surface area contributed by atoms with Gasteiger partial charge in [0.2, 0.25) is 0 Å². The maximum atomic E-state index is 13.5. The first-order chi connectivity index (χ1) is 17.4. The van der Waals surface area contributed by atoms with Gasteiger partial charge >= 0.3 is 5.97 Å². The fourth-order valence-corrected chi connectivity index (χ4v) is 4.97. The van der Waals surface area contributed by atoms with Gasteiger partial charge in [-0.2, -0.15) is 0 Å². The van der Waals surface area contributed by atoms with Crippen LogP contribution in [-0.2, 0) is 20.9 Å². The lowest BCUT2D eigenvalue weighted by Crippen LogP contribution is -2.36. The summed E-state index contributed by atoms with van der Waals surface area (Å²) in [6.45, 7) is 1.88. The smallest absolute Gasteiger partial charge is 0.337 e. The van der Waals surface area contributed by atoms with Crippen LogP contribution in [0.15, 0.2) is 93.9 Å². The van der Waals surface area contributed by atoms with Crippen molar-refractivity contribution in [1.29, 1.82) is 0 Å². The number of dihydropyridines is 1. The zero-order valence-corrected chi connectivity index (χ0v) is 20.0. The molecule has 0 bridgehead atoms. The Morgan fingerprint density at radius 1 is 1.08 bits per heavy atom. The van der Waals surface area contributed by atoms with Crippen LogP contribution in [0.3, 0.4) is 0 Å². The zero-order valence-electron chi connectivity index (χ0n) is 20.0. The number of Topliss-reactive ketones (excluding diaryl/α,β-unsaturated/α-hetero) is 1. The van der Waals surface area contributed by atoms with Crippen molar-refractivity contribution in [3.63, 3.8) is 0 Å². The van der Waals surface area contributed by atoms with Gasteiger partial charge in [0, 0.05) is 23.4 Å². The summed E-state index contributed by atoms with van der Waals surface area (Å²) in [7, 11) is 1.59. The van der Waals surface area contributed by atoms with Crippen LogP contribution in [0.1, 0.15) is 48.5 Å². The number of nitrogens with one attached hydrogen (secondary N) is 1. The van der Waals surface area contributed by atoms with E-state index in [-0.39, 0.29) is 30.5 Å². The van der Waals surface area contributed by atoms with Crippen molar-refractivity contribution in [2.24, 2.45) is 0 Å². The summed E-state index contributed by atoms with van der Waals surface area (Å²) in [5.41, 5.74) is 3.96. The molecule has 0 amide bonds. The summed E-state index contributed by atoms with van der Waals surface area (Å²) in [5.74, 6) is -0.435. The zero-order chi connectivity index (χ0) is 25.2. The Hall–Kier alpha value is -4.13. The predicted octanol–water partition coefficient (Wildman–Crippen LogP) is 5.53. The standard InChI is InChI=1S/C29H26FNO5/c1-17-26(29(33)36-16-18-5-11-22(34-2)12-6-18)28(25-4-3-13-35-25)27-23(31-17)14-20(15-24(27)32)19-7-9-21(30)10-8-19/h3-13,20,28,31H,14-16H2,1-2H3/t20-,28-/m1/s1. The van der Waals surface area contributed by atoms with Crippen molar-refractivity contribution < 1.29 is 27.9 Å². The van der Waals surface area contributed by atoms with Crippen LogP contribution in [0, 0.1) is 5.82 Å². The van der Waals surface area contributed by atoms with Crippen LogP contribution >= 0.6 is 0 Å². The summed E-state index contributed by atoms with van der Waals surface area (Å²) < 4.78 is 30.0. The molecular formula is C29H26FNO5. The normalized spacial score (nSPS) is 19.6. The van der Waals surface area contributed by atoms with Crippen LogP contribution in [-0.4, -0.2) is 18.9 Å². The van der Waals surface area contributed by atoms with Gasteiger partial charge in [-0.05, 0) is 66.8 Å². The topological polar surface area (TPSA) is 77.8 Å². The molecule has 7 heteroatoms. The molecule has 0 fully saturated rings.